The van der Waals surface area contributed by atoms with Gasteiger partial charge in [0, 0.05) is 56.8 Å². The van der Waals surface area contributed by atoms with Gasteiger partial charge in [0.05, 0.1) is 11.8 Å². The number of carbonyl (C=O) groups excluding carboxylic acids is 1. The van der Waals surface area contributed by atoms with Gasteiger partial charge in [-0.25, -0.2) is 8.42 Å². The van der Waals surface area contributed by atoms with Gasteiger partial charge in [-0.1, -0.05) is 0 Å². The third-order valence-electron chi connectivity index (χ3n) is 5.13. The Morgan fingerprint density at radius 2 is 1.72 bits per heavy atom. The summed E-state index contributed by atoms with van der Waals surface area (Å²) >= 11 is 0. The van der Waals surface area contributed by atoms with Crippen molar-refractivity contribution in [3.63, 3.8) is 0 Å². The van der Waals surface area contributed by atoms with Gasteiger partial charge in [-0.3, -0.25) is 9.78 Å². The van der Waals surface area contributed by atoms with Gasteiger partial charge in [0.1, 0.15) is 5.82 Å². The molecule has 3 aromatic rings. The van der Waals surface area contributed by atoms with E-state index in [-0.39, 0.29) is 5.91 Å². The van der Waals surface area contributed by atoms with Crippen molar-refractivity contribution in [3.8, 4) is 0 Å². The molecule has 8 nitrogen and oxygen atoms in total. The van der Waals surface area contributed by atoms with Crippen LogP contribution < -0.4 is 10.2 Å². The van der Waals surface area contributed by atoms with Crippen molar-refractivity contribution in [1.29, 1.82) is 0 Å². The van der Waals surface area contributed by atoms with Gasteiger partial charge in [0.25, 0.3) is 5.91 Å². The van der Waals surface area contributed by atoms with Gasteiger partial charge in [-0.15, -0.1) is 0 Å². The van der Waals surface area contributed by atoms with Crippen molar-refractivity contribution < 1.29 is 13.2 Å². The second-order valence-electron chi connectivity index (χ2n) is 7.09. The first-order chi connectivity index (χ1) is 13.9. The van der Waals surface area contributed by atoms with E-state index in [9.17, 15) is 13.2 Å². The van der Waals surface area contributed by atoms with Gasteiger partial charge in [-0.05, 0) is 42.0 Å². The number of hydrogen-bond acceptors (Lipinski definition) is 5. The minimum absolute atomic E-state index is 0.148. The summed E-state index contributed by atoms with van der Waals surface area (Å²) in [7, 11) is -3.16. The Morgan fingerprint density at radius 3 is 2.41 bits per heavy atom. The number of pyridine rings is 2. The molecule has 1 aliphatic heterocycles. The standard InChI is InChI=1S/C20H23N5O3S/c1-29(27,28)24-12-10-23(11-13-24)19-5-4-18-3-2-17(15-25(18)19)20(26)22-14-16-6-8-21-9-7-16/h2-9,15H,10-14H2,1H3,(H,22,26). The highest BCUT2D eigenvalue weighted by molar-refractivity contribution is 7.88. The van der Waals surface area contributed by atoms with Crippen LogP contribution in [0.3, 0.4) is 0 Å². The summed E-state index contributed by atoms with van der Waals surface area (Å²) in [5.41, 5.74) is 2.54. The van der Waals surface area contributed by atoms with Crippen LogP contribution in [0.4, 0.5) is 5.82 Å². The number of aromatic nitrogens is 2. The summed E-state index contributed by atoms with van der Waals surface area (Å²) < 4.78 is 26.9. The number of nitrogens with one attached hydrogen (secondary N) is 1. The molecule has 1 saturated heterocycles. The summed E-state index contributed by atoms with van der Waals surface area (Å²) in [6.07, 6.45) is 6.47. The molecule has 29 heavy (non-hydrogen) atoms. The second kappa shape index (κ2) is 7.84. The van der Waals surface area contributed by atoms with E-state index in [1.54, 1.807) is 12.4 Å². The predicted octanol–water partition coefficient (Wildman–Crippen LogP) is 1.35. The van der Waals surface area contributed by atoms with Gasteiger partial charge in [-0.2, -0.15) is 4.31 Å². The number of hydrogen-bond donors (Lipinski definition) is 1. The number of anilines is 1. The van der Waals surface area contributed by atoms with Crippen molar-refractivity contribution >= 4 is 27.3 Å². The van der Waals surface area contributed by atoms with Crippen LogP contribution in [0.5, 0.6) is 0 Å². The fraction of sp³-hybridized carbons (Fsp3) is 0.300. The molecule has 1 amide bonds. The Morgan fingerprint density at radius 1 is 1.03 bits per heavy atom. The average molecular weight is 414 g/mol. The quantitative estimate of drug-likeness (QED) is 0.682. The van der Waals surface area contributed by atoms with Crippen LogP contribution >= 0.6 is 0 Å². The Bertz CT molecular complexity index is 1120. The number of sulfonamides is 1. The second-order valence-corrected chi connectivity index (χ2v) is 9.07. The van der Waals surface area contributed by atoms with E-state index >= 15 is 0 Å². The fourth-order valence-corrected chi connectivity index (χ4v) is 4.34. The zero-order valence-electron chi connectivity index (χ0n) is 16.2. The Kier molecular flexibility index (Phi) is 5.25. The number of fused-ring (bicyclic) bond motifs is 1. The number of rotatable bonds is 5. The van der Waals surface area contributed by atoms with Gasteiger partial charge in [0.15, 0.2) is 0 Å². The molecule has 1 N–H and O–H groups in total. The van der Waals surface area contributed by atoms with E-state index in [0.29, 0.717) is 38.3 Å². The molecule has 1 aliphatic rings. The van der Waals surface area contributed by atoms with Crippen molar-refractivity contribution in [3.05, 3.63) is 66.1 Å². The smallest absolute Gasteiger partial charge is 0.253 e. The van der Waals surface area contributed by atoms with Crippen molar-refractivity contribution in [1.82, 2.24) is 19.0 Å². The number of nitrogens with zero attached hydrogens (tertiary/aromatic N) is 4. The summed E-state index contributed by atoms with van der Waals surface area (Å²) in [5, 5.41) is 2.93. The lowest BCUT2D eigenvalue weighted by atomic mass is 10.2. The molecule has 0 unspecified atom stereocenters. The highest BCUT2D eigenvalue weighted by Gasteiger charge is 2.24. The molecule has 0 atom stereocenters. The Labute approximate surface area is 169 Å². The van der Waals surface area contributed by atoms with E-state index in [4.69, 9.17) is 0 Å². The van der Waals surface area contributed by atoms with E-state index in [1.807, 2.05) is 47.0 Å². The van der Waals surface area contributed by atoms with E-state index in [2.05, 4.69) is 15.2 Å². The SMILES string of the molecule is CS(=O)(=O)N1CCN(c2ccc3ccc(C(=O)NCc4ccncc4)cn23)CC1. The Hall–Kier alpha value is -2.91. The monoisotopic (exact) mass is 413 g/mol. The van der Waals surface area contributed by atoms with Crippen LogP contribution in [0, 0.1) is 0 Å². The lowest BCUT2D eigenvalue weighted by Gasteiger charge is -2.34. The van der Waals surface area contributed by atoms with Crippen LogP contribution in [0.1, 0.15) is 15.9 Å². The lowest BCUT2D eigenvalue weighted by Crippen LogP contribution is -2.48. The van der Waals surface area contributed by atoms with E-state index in [0.717, 1.165) is 16.9 Å². The largest absolute Gasteiger partial charge is 0.355 e. The molecule has 4 rings (SSSR count). The van der Waals surface area contributed by atoms with Gasteiger partial charge >= 0.3 is 0 Å². The van der Waals surface area contributed by atoms with Crippen LogP contribution in [0.2, 0.25) is 0 Å². The molecule has 0 aliphatic carbocycles. The summed E-state index contributed by atoms with van der Waals surface area (Å²) in [6, 6.07) is 11.5. The number of amides is 1. The third kappa shape index (κ3) is 4.25. The number of piperazine rings is 1. The Balaban J connectivity index is 1.50. The number of carbonyl (C=O) groups is 1. The maximum atomic E-state index is 12.6. The highest BCUT2D eigenvalue weighted by Crippen LogP contribution is 2.22. The highest BCUT2D eigenvalue weighted by atomic mass is 32.2. The minimum atomic E-state index is -3.16. The molecular formula is C20H23N5O3S. The summed E-state index contributed by atoms with van der Waals surface area (Å²) in [4.78, 5) is 18.7. The summed E-state index contributed by atoms with van der Waals surface area (Å²) in [6.45, 7) is 2.57. The molecule has 0 spiro atoms. The maximum Gasteiger partial charge on any atom is 0.253 e. The van der Waals surface area contributed by atoms with Crippen molar-refractivity contribution in [2.45, 2.75) is 6.54 Å². The summed E-state index contributed by atoms with van der Waals surface area (Å²) in [5.74, 6) is 0.808. The van der Waals surface area contributed by atoms with Crippen LogP contribution in [0.15, 0.2) is 55.0 Å². The molecule has 4 heterocycles. The van der Waals surface area contributed by atoms with E-state index < -0.39 is 10.0 Å². The third-order valence-corrected chi connectivity index (χ3v) is 6.43. The lowest BCUT2D eigenvalue weighted by molar-refractivity contribution is 0.0950. The van der Waals surface area contributed by atoms with E-state index in [1.165, 1.54) is 10.6 Å². The zero-order chi connectivity index (χ0) is 20.4. The predicted molar refractivity (Wildman–Crippen MR) is 111 cm³/mol. The zero-order valence-corrected chi connectivity index (χ0v) is 17.0. The molecule has 3 aromatic heterocycles. The van der Waals surface area contributed by atoms with Crippen LogP contribution in [-0.2, 0) is 16.6 Å². The topological polar surface area (TPSA) is 87.0 Å². The van der Waals surface area contributed by atoms with Gasteiger partial charge in [0.2, 0.25) is 10.0 Å². The first kappa shape index (κ1) is 19.4. The molecule has 9 heteroatoms. The molecule has 0 aromatic carbocycles. The average Bonchev–Trinajstić information content (AvgIpc) is 3.15. The van der Waals surface area contributed by atoms with Crippen LogP contribution in [-0.4, -0.2) is 60.4 Å². The molecule has 0 radical (unpaired) electrons. The normalized spacial score (nSPS) is 15.6. The molecule has 0 saturated carbocycles. The first-order valence-electron chi connectivity index (χ1n) is 9.40. The molecule has 1 fully saturated rings. The minimum Gasteiger partial charge on any atom is -0.355 e. The molecule has 0 bridgehead atoms. The fourth-order valence-electron chi connectivity index (χ4n) is 3.51. The maximum absolute atomic E-state index is 12.6. The van der Waals surface area contributed by atoms with Gasteiger partial charge < -0.3 is 14.6 Å². The van der Waals surface area contributed by atoms with Crippen molar-refractivity contribution in [2.24, 2.45) is 0 Å². The molecule has 152 valence electrons. The van der Waals surface area contributed by atoms with Crippen molar-refractivity contribution in [2.75, 3.05) is 37.3 Å². The van der Waals surface area contributed by atoms with Crippen LogP contribution in [0.25, 0.3) is 5.52 Å². The molecular weight excluding hydrogens is 390 g/mol. The first-order valence-corrected chi connectivity index (χ1v) is 11.2.